The molecule has 5 radical (unpaired) electrons. The molecule has 0 aromatic heterocycles. The van der Waals surface area contributed by atoms with Crippen molar-refractivity contribution < 1.29 is 97.4 Å². The molecule has 0 amide bonds. The van der Waals surface area contributed by atoms with Gasteiger partial charge in [-0.15, -0.1) is 28.4 Å². The van der Waals surface area contributed by atoms with E-state index in [9.17, 15) is 0 Å². The summed E-state index contributed by atoms with van der Waals surface area (Å²) in [5, 5.41) is 0. The number of benzene rings is 10. The van der Waals surface area contributed by atoms with E-state index in [0.29, 0.717) is 68.9 Å². The Labute approximate surface area is 831 Å². The van der Waals surface area contributed by atoms with Gasteiger partial charge in [0.2, 0.25) is 0 Å². The third-order valence-corrected chi connectivity index (χ3v) is 24.2. The van der Waals surface area contributed by atoms with Crippen molar-refractivity contribution in [3.8, 4) is 0 Å². The van der Waals surface area contributed by atoms with Gasteiger partial charge in [0, 0.05) is 0 Å². The summed E-state index contributed by atoms with van der Waals surface area (Å²) in [5.74, 6) is 0. The Balaban J connectivity index is 0.000000241. The molecule has 0 N–H and O–H groups in total. The fourth-order valence-corrected chi connectivity index (χ4v) is 17.4. The number of para-hydroxylation sites is 10. The SMILES string of the molecule is CB1N(c2[c-]cccc2)[CH-]N(c2ccccc2)B(C)N1C(C)C.CCCCCCN1B(C)N(c2[c-]cccc2)[CH-]N(c2ccccc2)B1C.CCCCCN1B(C)N(c2[c-]cccc2)[CH-]N(c2ccccc2)B1C.CCCCN1B(C)N(c2[c-]cccc2)[CH-]N(c2ccccc2)B1C.CCCN1B(C)N(c2[c-]cccc2)[CH-]N(c2ccccc2)B1C.[Rh+2].[Rh+2].[Rh+2].[Rh+2].[Rh+2]. The molecule has 0 atom stereocenters. The van der Waals surface area contributed by atoms with Crippen LogP contribution in [0, 0.1) is 63.7 Å². The van der Waals surface area contributed by atoms with Gasteiger partial charge in [0.1, 0.15) is 0 Å². The maximum atomic E-state index is 3.39. The molecule has 0 spiro atoms. The summed E-state index contributed by atoms with van der Waals surface area (Å²) >= 11 is 0. The van der Waals surface area contributed by atoms with Crippen LogP contribution in [0.5, 0.6) is 0 Å². The van der Waals surface area contributed by atoms with Gasteiger partial charge in [-0.2, -0.15) is 185 Å². The van der Waals surface area contributed by atoms with Crippen molar-refractivity contribution in [3.63, 3.8) is 0 Å². The van der Waals surface area contributed by atoms with Crippen LogP contribution in [0.1, 0.15) is 106 Å². The molecule has 0 bridgehead atoms. The Morgan fingerprint density at radius 3 is 0.651 bits per heavy atom. The fraction of sp³-hybridized carbons (Fsp3) is 0.323. The van der Waals surface area contributed by atoms with Crippen molar-refractivity contribution in [2.45, 2.75) is 180 Å². The van der Waals surface area contributed by atoms with Crippen LogP contribution in [-0.4, -0.2) is 126 Å². The average molecular weight is 2110 g/mol. The van der Waals surface area contributed by atoms with E-state index in [0.717, 1.165) is 61.0 Å². The Bertz CT molecular complexity index is 4240. The third kappa shape index (κ3) is 28.9. The number of hydrogen-bond acceptors (Lipinski definition) is 15. The largest absolute Gasteiger partial charge is 2.00 e. The predicted molar refractivity (Wildman–Crippen MR) is 534 cm³/mol. The van der Waals surface area contributed by atoms with Crippen LogP contribution in [-0.2, 0) is 97.4 Å². The molecule has 0 unspecified atom stereocenters. The van der Waals surface area contributed by atoms with E-state index in [1.165, 1.54) is 86.2 Å². The van der Waals surface area contributed by atoms with Crippen molar-refractivity contribution in [1.29, 1.82) is 0 Å². The monoisotopic (exact) mass is 2110 g/mol. The summed E-state index contributed by atoms with van der Waals surface area (Å²) in [6.45, 7) is 55.1. The first-order valence-electron chi connectivity index (χ1n) is 45.0. The molecule has 10 aromatic carbocycles. The molecule has 15 rings (SSSR count). The predicted octanol–water partition coefficient (Wildman–Crippen LogP) is 21.7. The van der Waals surface area contributed by atoms with E-state index in [1.807, 2.05) is 60.7 Å². The number of anilines is 10. The van der Waals surface area contributed by atoms with Crippen molar-refractivity contribution >= 4 is 127 Å². The molecule has 5 fully saturated rings. The molecular formula is C96H127B10N15Rh5. The van der Waals surface area contributed by atoms with E-state index in [1.54, 1.807) is 0 Å². The zero-order chi connectivity index (χ0) is 85.6. The standard InChI is InChI=1S/C21H29B2N3.C20H27B2N3.C19H25B2N3.2C18H23B2N3.5Rh/c1-4-5-6-13-18-26-22(2)24(20-14-9-7-10-15-20)19-25(23(26)3)21-16-11-8-12-17-21;1-4-5-12-17-25-21(2)23(19-13-8-6-9-14-19)18-24(22(25)3)20-15-10-7-11-16-20;1-4-5-16-24-20(2)22(18-12-8-6-9-13-18)17-23(21(24)3)19-14-10-7-11-15-19;1-16(2)23-19(3)21(17-11-7-5-8-12-17)15-22(20(23)4)18-13-9-6-10-14-18;1-4-15-23-19(2)21(17-11-7-5-8-12-17)16-22(20(23)3)18-13-9-6-10-14-18;;;;;/h7-12,14-16,19H,4-6,13,18H2,1-3H3;6-11,13-15,18H,4-5,12,17H2,1-3H3;6-14,17H,4-5,16H2,1-3H3;5-13,15-16H,1-4H3;5-13,16H,4,15H2,1-3H3;;;;;/q5*-2;5*+2. The van der Waals surface area contributed by atoms with Crippen LogP contribution in [0.4, 0.5) is 56.9 Å². The van der Waals surface area contributed by atoms with E-state index in [4.69, 9.17) is 0 Å². The second-order valence-electron chi connectivity index (χ2n) is 32.5. The third-order valence-electron chi connectivity index (χ3n) is 24.2. The van der Waals surface area contributed by atoms with Crippen LogP contribution in [0.2, 0.25) is 68.2 Å². The van der Waals surface area contributed by atoms with Crippen molar-refractivity contribution in [2.24, 2.45) is 0 Å². The van der Waals surface area contributed by atoms with Crippen molar-refractivity contribution in [1.82, 2.24) is 23.6 Å². The van der Waals surface area contributed by atoms with Gasteiger partial charge in [-0.25, -0.2) is 0 Å². The van der Waals surface area contributed by atoms with Crippen molar-refractivity contribution in [2.75, 3.05) is 74.3 Å². The molecule has 126 heavy (non-hydrogen) atoms. The molecule has 0 aliphatic carbocycles. The average Bonchev–Trinajstić information content (AvgIpc) is 0.932. The van der Waals surface area contributed by atoms with Gasteiger partial charge in [0.25, 0.3) is 62.8 Å². The van der Waals surface area contributed by atoms with Crippen LogP contribution >= 0.6 is 0 Å². The van der Waals surface area contributed by atoms with Gasteiger partial charge in [-0.05, 0) is 147 Å². The van der Waals surface area contributed by atoms with E-state index < -0.39 is 0 Å². The first-order chi connectivity index (χ1) is 59.0. The molecular weight excluding hydrogens is 1990 g/mol. The van der Waals surface area contributed by atoms with E-state index in [2.05, 4.69) is 457 Å². The number of nitrogens with zero attached hydrogens (tertiary/aromatic N) is 15. The molecule has 5 heterocycles. The van der Waals surface area contributed by atoms with Crippen LogP contribution in [0.15, 0.2) is 273 Å². The maximum Gasteiger partial charge on any atom is 2.00 e. The van der Waals surface area contributed by atoms with Gasteiger partial charge < -0.3 is 71.7 Å². The first kappa shape index (κ1) is 109. The minimum Gasteiger partial charge on any atom is -0.557 e. The number of hydrogen-bond donors (Lipinski definition) is 0. The van der Waals surface area contributed by atoms with Gasteiger partial charge in [-0.1, -0.05) is 239 Å². The van der Waals surface area contributed by atoms with Crippen molar-refractivity contribution in [3.05, 3.63) is 337 Å². The summed E-state index contributed by atoms with van der Waals surface area (Å²) < 4.78 is 12.8. The van der Waals surface area contributed by atoms with Gasteiger partial charge >= 0.3 is 104 Å². The molecule has 5 aliphatic heterocycles. The maximum absolute atomic E-state index is 3.39. The minimum absolute atomic E-state index is 0. The van der Waals surface area contributed by atoms with Crippen LogP contribution in [0.3, 0.4) is 0 Å². The normalized spacial score (nSPS) is 15.3. The second-order valence-corrected chi connectivity index (χ2v) is 32.5. The molecule has 661 valence electrons. The number of rotatable bonds is 25. The smallest absolute Gasteiger partial charge is 0.557 e. The summed E-state index contributed by atoms with van der Waals surface area (Å²) in [7, 11) is 0. The Kier molecular flexibility index (Phi) is 48.7. The Hall–Kier alpha value is -6.23. The van der Waals surface area contributed by atoms with Gasteiger partial charge in [0.15, 0.2) is 0 Å². The van der Waals surface area contributed by atoms with E-state index in [-0.39, 0.29) is 104 Å². The molecule has 5 saturated heterocycles. The van der Waals surface area contributed by atoms with Crippen LogP contribution in [0.25, 0.3) is 0 Å². The van der Waals surface area contributed by atoms with E-state index >= 15 is 0 Å². The van der Waals surface area contributed by atoms with Crippen LogP contribution < -0.4 is 48.1 Å². The van der Waals surface area contributed by atoms with Gasteiger partial charge in [0.05, 0.1) is 0 Å². The quantitative estimate of drug-likeness (QED) is 0.0310. The topological polar surface area (TPSA) is 48.6 Å². The number of unbranched alkanes of at least 4 members (excludes halogenated alkanes) is 6. The van der Waals surface area contributed by atoms with Gasteiger partial charge in [-0.3, -0.25) is 0 Å². The Morgan fingerprint density at radius 1 is 0.222 bits per heavy atom. The second kappa shape index (κ2) is 56.5. The molecule has 0 saturated carbocycles. The fourth-order valence-electron chi connectivity index (χ4n) is 17.4. The molecule has 5 aliphatic rings. The Morgan fingerprint density at radius 2 is 0.421 bits per heavy atom. The zero-order valence-corrected chi connectivity index (χ0v) is 85.2. The minimum atomic E-state index is 0. The molecule has 10 aromatic rings. The summed E-state index contributed by atoms with van der Waals surface area (Å²) in [6, 6.07) is 111. The summed E-state index contributed by atoms with van der Waals surface area (Å²) in [5.41, 5.74) is 11.6. The summed E-state index contributed by atoms with van der Waals surface area (Å²) in [6.07, 6.45) is 12.5. The molecule has 30 heteroatoms. The molecule has 15 nitrogen and oxygen atoms in total. The first-order valence-corrected chi connectivity index (χ1v) is 45.0. The summed E-state index contributed by atoms with van der Waals surface area (Å²) in [4.78, 5) is 23.4. The zero-order valence-electron chi connectivity index (χ0n) is 77.0.